The Labute approximate surface area is 176 Å². The van der Waals surface area contributed by atoms with Crippen LogP contribution in [0.2, 0.25) is 0 Å². The molecule has 6 atom stereocenters. The molecule has 0 aromatic carbocycles. The highest BCUT2D eigenvalue weighted by atomic mass is 16.6. The number of ether oxygens (including phenoxy) is 1. The number of rotatable bonds is 3. The molecule has 0 unspecified atom stereocenters. The molecule has 0 spiro atoms. The summed E-state index contributed by atoms with van der Waals surface area (Å²) in [5.74, 6) is -0.0696. The van der Waals surface area contributed by atoms with Crippen molar-refractivity contribution in [3.63, 3.8) is 0 Å². The number of hydrogen-bond acceptors (Lipinski definition) is 4. The molecule has 0 saturated heterocycles. The first-order chi connectivity index (χ1) is 13.3. The molecule has 0 heterocycles. The number of aliphatic hydroxyl groups excluding tert-OH is 1. The van der Waals surface area contributed by atoms with Crippen LogP contribution in [0.25, 0.3) is 0 Å². The van der Waals surface area contributed by atoms with Gasteiger partial charge >= 0.3 is 5.97 Å². The summed E-state index contributed by atoms with van der Waals surface area (Å²) >= 11 is 0. The summed E-state index contributed by atoms with van der Waals surface area (Å²) in [4.78, 5) is 12.5. The minimum atomic E-state index is -0.917. The van der Waals surface area contributed by atoms with Gasteiger partial charge in [0.2, 0.25) is 0 Å². The highest BCUT2D eigenvalue weighted by Gasteiger charge is 2.62. The van der Waals surface area contributed by atoms with E-state index in [0.717, 1.165) is 36.8 Å². The predicted octanol–water partition coefficient (Wildman–Crippen LogP) is 4.80. The van der Waals surface area contributed by atoms with Gasteiger partial charge in [-0.15, -0.1) is 0 Å². The summed E-state index contributed by atoms with van der Waals surface area (Å²) in [6.45, 7) is 14.6. The number of fused-ring (bicyclic) bond motifs is 3. The fourth-order valence-corrected chi connectivity index (χ4v) is 6.73. The lowest BCUT2D eigenvalue weighted by Crippen LogP contribution is -2.62. The van der Waals surface area contributed by atoms with Crippen LogP contribution in [-0.2, 0) is 9.53 Å². The maximum absolute atomic E-state index is 12.5. The van der Waals surface area contributed by atoms with Gasteiger partial charge in [0.15, 0.2) is 0 Å². The van der Waals surface area contributed by atoms with Crippen LogP contribution in [0.4, 0.5) is 0 Å². The molecule has 2 saturated carbocycles. The van der Waals surface area contributed by atoms with Gasteiger partial charge in [-0.25, -0.2) is 4.79 Å². The molecule has 164 valence electrons. The minimum absolute atomic E-state index is 0.0229. The fraction of sp³-hybridized carbons (Fsp3) is 0.800. The third kappa shape index (κ3) is 3.83. The molecule has 2 N–H and O–H groups in total. The molecule has 3 aliphatic rings. The lowest BCUT2D eigenvalue weighted by Gasteiger charge is -2.62. The van der Waals surface area contributed by atoms with Crippen molar-refractivity contribution in [1.82, 2.24) is 0 Å². The molecule has 4 nitrogen and oxygen atoms in total. The van der Waals surface area contributed by atoms with E-state index in [9.17, 15) is 15.0 Å². The highest BCUT2D eigenvalue weighted by Crippen LogP contribution is 2.63. The maximum Gasteiger partial charge on any atom is 0.331 e. The van der Waals surface area contributed by atoms with Crippen molar-refractivity contribution in [2.75, 3.05) is 0 Å². The van der Waals surface area contributed by atoms with Crippen molar-refractivity contribution in [1.29, 1.82) is 0 Å². The molecule has 0 aliphatic heterocycles. The molecule has 0 radical (unpaired) electrons. The van der Waals surface area contributed by atoms with E-state index < -0.39 is 23.8 Å². The van der Waals surface area contributed by atoms with E-state index in [0.29, 0.717) is 6.42 Å². The Bertz CT molecular complexity index is 714. The summed E-state index contributed by atoms with van der Waals surface area (Å²) in [6.07, 6.45) is 6.84. The first kappa shape index (κ1) is 22.6. The van der Waals surface area contributed by atoms with Gasteiger partial charge in [0.05, 0.1) is 11.7 Å². The van der Waals surface area contributed by atoms with Crippen LogP contribution >= 0.6 is 0 Å². The molecule has 3 rings (SSSR count). The van der Waals surface area contributed by atoms with E-state index in [4.69, 9.17) is 4.74 Å². The van der Waals surface area contributed by atoms with Crippen LogP contribution in [0.15, 0.2) is 23.3 Å². The number of allylic oxidation sites excluding steroid dienone is 1. The van der Waals surface area contributed by atoms with Gasteiger partial charge in [0.1, 0.15) is 6.10 Å². The van der Waals surface area contributed by atoms with Crippen molar-refractivity contribution >= 4 is 5.97 Å². The second kappa shape index (κ2) is 7.53. The summed E-state index contributed by atoms with van der Waals surface area (Å²) in [5, 5.41) is 22.8. The second-order valence-corrected chi connectivity index (χ2v) is 11.3. The average Bonchev–Trinajstić information content (AvgIpc) is 2.56. The lowest BCUT2D eigenvalue weighted by molar-refractivity contribution is -0.184. The molecular formula is C25H40O4. The first-order valence-electron chi connectivity index (χ1n) is 11.3. The zero-order valence-corrected chi connectivity index (χ0v) is 19.3. The van der Waals surface area contributed by atoms with Gasteiger partial charge in [-0.1, -0.05) is 46.6 Å². The number of carbonyl (C=O) groups is 1. The Kier molecular flexibility index (Phi) is 5.86. The number of esters is 1. The van der Waals surface area contributed by atoms with Crippen LogP contribution in [0.5, 0.6) is 0 Å². The van der Waals surface area contributed by atoms with Crippen LogP contribution in [-0.4, -0.2) is 34.0 Å². The van der Waals surface area contributed by atoms with E-state index in [1.807, 2.05) is 33.8 Å². The quantitative estimate of drug-likeness (QED) is 0.403. The molecular weight excluding hydrogens is 364 g/mol. The van der Waals surface area contributed by atoms with E-state index in [2.05, 4.69) is 20.8 Å². The topological polar surface area (TPSA) is 66.8 Å². The summed E-state index contributed by atoms with van der Waals surface area (Å²) in [6, 6.07) is 0. The van der Waals surface area contributed by atoms with Crippen molar-refractivity contribution in [3.8, 4) is 0 Å². The zero-order chi connectivity index (χ0) is 21.8. The van der Waals surface area contributed by atoms with Crippen molar-refractivity contribution in [2.24, 2.45) is 28.6 Å². The van der Waals surface area contributed by atoms with Crippen molar-refractivity contribution in [2.45, 2.75) is 98.4 Å². The summed E-state index contributed by atoms with van der Waals surface area (Å²) in [7, 11) is 0. The molecule has 3 aliphatic carbocycles. The monoisotopic (exact) mass is 404 g/mol. The smallest absolute Gasteiger partial charge is 0.331 e. The van der Waals surface area contributed by atoms with E-state index in [-0.39, 0.29) is 28.6 Å². The SMILES string of the molecule is CC(C)=CC(=O)O[C@H]1C2=C[C@@](O)(C(C)C)CC[C@@H]2[C@@]2(C)CCCC(C)(C)[C@H]2[C@H]1O. The summed E-state index contributed by atoms with van der Waals surface area (Å²) in [5.41, 5.74) is 0.818. The molecule has 4 heteroatoms. The maximum atomic E-state index is 12.5. The third-order valence-electron chi connectivity index (χ3n) is 8.17. The Morgan fingerprint density at radius 1 is 1.21 bits per heavy atom. The first-order valence-corrected chi connectivity index (χ1v) is 11.3. The zero-order valence-electron chi connectivity index (χ0n) is 19.3. The molecule has 0 aromatic heterocycles. The Morgan fingerprint density at radius 2 is 1.86 bits per heavy atom. The molecule has 2 fully saturated rings. The Morgan fingerprint density at radius 3 is 2.45 bits per heavy atom. The number of carbonyl (C=O) groups excluding carboxylic acids is 1. The van der Waals surface area contributed by atoms with Crippen LogP contribution < -0.4 is 0 Å². The average molecular weight is 405 g/mol. The standard InChI is InChI=1S/C25H40O4/c1-15(2)13-19(26)29-21-17-14-25(28,16(3)4)12-9-18(17)24(7)11-8-10-23(5,6)22(24)20(21)27/h13-14,16,18,20-22,27-28H,8-12H2,1-7H3/t18-,20-,21-,22+,24+,25+/m0/s1. The van der Waals surface area contributed by atoms with Gasteiger partial charge in [-0.2, -0.15) is 0 Å². The highest BCUT2D eigenvalue weighted by molar-refractivity contribution is 5.83. The van der Waals surface area contributed by atoms with Crippen molar-refractivity contribution < 1.29 is 19.7 Å². The molecule has 0 bridgehead atoms. The summed E-state index contributed by atoms with van der Waals surface area (Å²) < 4.78 is 5.90. The van der Waals surface area contributed by atoms with Crippen molar-refractivity contribution in [3.05, 3.63) is 23.3 Å². The van der Waals surface area contributed by atoms with Gasteiger partial charge in [0.25, 0.3) is 0 Å². The van der Waals surface area contributed by atoms with Gasteiger partial charge in [0, 0.05) is 6.08 Å². The second-order valence-electron chi connectivity index (χ2n) is 11.3. The lowest BCUT2D eigenvalue weighted by atomic mass is 9.44. The van der Waals surface area contributed by atoms with Gasteiger partial charge in [-0.05, 0) is 79.8 Å². The normalized spacial score (nSPS) is 41.1. The molecule has 29 heavy (non-hydrogen) atoms. The van der Waals surface area contributed by atoms with Gasteiger partial charge in [-0.3, -0.25) is 0 Å². The van der Waals surface area contributed by atoms with Crippen LogP contribution in [0.3, 0.4) is 0 Å². The van der Waals surface area contributed by atoms with E-state index >= 15 is 0 Å². The van der Waals surface area contributed by atoms with E-state index in [1.165, 1.54) is 6.08 Å². The van der Waals surface area contributed by atoms with Gasteiger partial charge < -0.3 is 14.9 Å². The molecule has 0 amide bonds. The van der Waals surface area contributed by atoms with E-state index in [1.54, 1.807) is 0 Å². The Balaban J connectivity index is 2.10. The fourth-order valence-electron chi connectivity index (χ4n) is 6.73. The van der Waals surface area contributed by atoms with Crippen LogP contribution in [0.1, 0.15) is 80.6 Å². The predicted molar refractivity (Wildman–Crippen MR) is 115 cm³/mol. The number of hydrogen-bond donors (Lipinski definition) is 2. The molecule has 0 aromatic rings. The minimum Gasteiger partial charge on any atom is -0.452 e. The largest absolute Gasteiger partial charge is 0.452 e. The van der Waals surface area contributed by atoms with Crippen LogP contribution in [0, 0.1) is 28.6 Å². The number of aliphatic hydroxyl groups is 2. The Hall–Kier alpha value is -1.13. The third-order valence-corrected chi connectivity index (χ3v) is 8.17.